The van der Waals surface area contributed by atoms with Crippen LogP contribution < -0.4 is 4.90 Å². The molecule has 1 saturated heterocycles. The molecule has 0 saturated carbocycles. The van der Waals surface area contributed by atoms with E-state index in [1.165, 1.54) is 16.9 Å². The van der Waals surface area contributed by atoms with Crippen molar-refractivity contribution in [3.63, 3.8) is 0 Å². The summed E-state index contributed by atoms with van der Waals surface area (Å²) in [5, 5.41) is 5.93. The number of rotatable bonds is 9. The summed E-state index contributed by atoms with van der Waals surface area (Å²) in [6.07, 6.45) is -5.14. The molecule has 1 amide bonds. The third-order valence-corrected chi connectivity index (χ3v) is 8.08. The number of hydrogen-bond donors (Lipinski definition) is 0. The summed E-state index contributed by atoms with van der Waals surface area (Å²) in [5.74, 6) is -0.603. The van der Waals surface area contributed by atoms with Gasteiger partial charge in [0, 0.05) is 57.2 Å². The molecule has 1 aromatic heterocycles. The molecule has 1 fully saturated rings. The second kappa shape index (κ2) is 13.3. The number of nitrogens with zero attached hydrogens (tertiary/aromatic N) is 6. The second-order valence-electron chi connectivity index (χ2n) is 12.1. The van der Waals surface area contributed by atoms with Gasteiger partial charge in [-0.3, -0.25) is 9.80 Å². The largest absolute Gasteiger partial charge is 0.469 e. The fraction of sp³-hybridized carbons (Fsp3) is 0.567. The third kappa shape index (κ3) is 7.99. The van der Waals surface area contributed by atoms with Crippen molar-refractivity contribution >= 4 is 24.2 Å². The minimum absolute atomic E-state index is 0.0201. The first-order valence-electron chi connectivity index (χ1n) is 14.6. The number of methoxy groups -OCH3 is 1. The van der Waals surface area contributed by atoms with Gasteiger partial charge in [0.25, 0.3) is 0 Å². The molecule has 2 aliphatic heterocycles. The summed E-state index contributed by atoms with van der Waals surface area (Å²) in [4.78, 5) is 37.1. The van der Waals surface area contributed by atoms with Crippen LogP contribution in [-0.2, 0) is 33.2 Å². The van der Waals surface area contributed by atoms with Crippen LogP contribution in [0.2, 0.25) is 0 Å². The lowest BCUT2D eigenvalue weighted by Gasteiger charge is -2.30. The van der Waals surface area contributed by atoms with Gasteiger partial charge in [-0.05, 0) is 56.0 Å². The van der Waals surface area contributed by atoms with Gasteiger partial charge in [0.15, 0.2) is 0 Å². The summed E-state index contributed by atoms with van der Waals surface area (Å²) < 4.78 is 92.3. The van der Waals surface area contributed by atoms with Crippen molar-refractivity contribution in [2.24, 2.45) is 10.5 Å². The smallest absolute Gasteiger partial charge is 0.416 e. The van der Waals surface area contributed by atoms with Gasteiger partial charge >= 0.3 is 24.4 Å². The van der Waals surface area contributed by atoms with Crippen LogP contribution in [0.3, 0.4) is 0 Å². The molecule has 3 atom stereocenters. The first-order valence-corrected chi connectivity index (χ1v) is 14.6. The van der Waals surface area contributed by atoms with Crippen molar-refractivity contribution in [2.75, 3.05) is 38.8 Å². The minimum atomic E-state index is -5.02. The molecule has 2 aromatic rings. The number of carbonyl (C=O) groups excluding carboxylic acids is 2. The summed E-state index contributed by atoms with van der Waals surface area (Å²) in [6, 6.07) is 0.455. The molecule has 1 unspecified atom stereocenters. The highest BCUT2D eigenvalue weighted by atomic mass is 19.4. The fourth-order valence-corrected chi connectivity index (χ4v) is 5.49. The van der Waals surface area contributed by atoms with E-state index < -0.39 is 53.5 Å². The van der Waals surface area contributed by atoms with Crippen molar-refractivity contribution in [1.29, 1.82) is 0 Å². The minimum Gasteiger partial charge on any atom is -0.469 e. The zero-order valence-corrected chi connectivity index (χ0v) is 26.0. The van der Waals surface area contributed by atoms with Crippen LogP contribution in [0, 0.1) is 5.41 Å². The van der Waals surface area contributed by atoms with Gasteiger partial charge in [0.05, 0.1) is 29.7 Å². The Morgan fingerprint density at radius 3 is 2.11 bits per heavy atom. The van der Waals surface area contributed by atoms with E-state index in [0.717, 1.165) is 5.56 Å². The van der Waals surface area contributed by atoms with Gasteiger partial charge in [-0.2, -0.15) is 31.4 Å². The molecular formula is C30H36F6N6O4. The molecule has 16 heteroatoms. The van der Waals surface area contributed by atoms with E-state index in [1.807, 2.05) is 6.92 Å². The van der Waals surface area contributed by atoms with E-state index >= 15 is 0 Å². The average molecular weight is 659 g/mol. The molecule has 3 heterocycles. The predicted octanol–water partition coefficient (Wildman–Crippen LogP) is 5.72. The Kier molecular flexibility index (Phi) is 10.1. The molecule has 0 aliphatic carbocycles. The van der Waals surface area contributed by atoms with Gasteiger partial charge in [-0.1, -0.05) is 6.92 Å². The lowest BCUT2D eigenvalue weighted by molar-refractivity contribution is -0.153. The number of benzene rings is 1. The topological polar surface area (TPSA) is 100 Å². The van der Waals surface area contributed by atoms with Crippen molar-refractivity contribution in [3.8, 4) is 0 Å². The summed E-state index contributed by atoms with van der Waals surface area (Å²) in [5.41, 5.74) is -3.52. The van der Waals surface area contributed by atoms with Crippen molar-refractivity contribution < 1.29 is 45.4 Å². The van der Waals surface area contributed by atoms with E-state index in [1.54, 1.807) is 44.5 Å². The quantitative estimate of drug-likeness (QED) is 0.249. The predicted molar refractivity (Wildman–Crippen MR) is 155 cm³/mol. The first kappa shape index (κ1) is 34.8. The van der Waals surface area contributed by atoms with Crippen LogP contribution in [0.25, 0.3) is 0 Å². The molecule has 0 N–H and O–H groups in total. The number of hydrogen-bond acceptors (Lipinski definition) is 9. The normalized spacial score (nSPS) is 20.3. The van der Waals surface area contributed by atoms with E-state index in [0.29, 0.717) is 31.5 Å². The molecular weight excluding hydrogens is 622 g/mol. The zero-order chi connectivity index (χ0) is 34.0. The SMILES string of the molecule is CC[C@@H]1C[C@H](N(Cc2cc(C(F)(F)F)cc(C(F)(F)F)c2)c2ncc(C3C=NN(C)C3)cn2)CN1C(=O)OCC(C)(C)C(=O)OC. The van der Waals surface area contributed by atoms with E-state index in [2.05, 4.69) is 15.1 Å². The van der Waals surface area contributed by atoms with Crippen LogP contribution in [0.4, 0.5) is 37.1 Å². The maximum absolute atomic E-state index is 13.7. The van der Waals surface area contributed by atoms with Crippen molar-refractivity contribution in [2.45, 2.75) is 70.5 Å². The number of halogens is 6. The summed E-state index contributed by atoms with van der Waals surface area (Å²) >= 11 is 0. The molecule has 252 valence electrons. The zero-order valence-electron chi connectivity index (χ0n) is 26.0. The van der Waals surface area contributed by atoms with Crippen LogP contribution in [0.5, 0.6) is 0 Å². The highest BCUT2D eigenvalue weighted by Gasteiger charge is 2.41. The summed E-state index contributed by atoms with van der Waals surface area (Å²) in [7, 11) is 3.02. The lowest BCUT2D eigenvalue weighted by atomic mass is 9.95. The van der Waals surface area contributed by atoms with Gasteiger partial charge in [-0.25, -0.2) is 14.8 Å². The Hall–Kier alpha value is -4.11. The van der Waals surface area contributed by atoms with Gasteiger partial charge in [0.1, 0.15) is 6.61 Å². The third-order valence-electron chi connectivity index (χ3n) is 8.08. The number of esters is 1. The Balaban J connectivity index is 1.67. The molecule has 0 bridgehead atoms. The Labute approximate surface area is 262 Å². The number of anilines is 1. The number of carbonyl (C=O) groups is 2. The monoisotopic (exact) mass is 658 g/mol. The molecule has 10 nitrogen and oxygen atoms in total. The van der Waals surface area contributed by atoms with Crippen molar-refractivity contribution in [1.82, 2.24) is 19.9 Å². The second-order valence-corrected chi connectivity index (χ2v) is 12.1. The number of aromatic nitrogens is 2. The first-order chi connectivity index (χ1) is 21.4. The average Bonchev–Trinajstić information content (AvgIpc) is 3.64. The fourth-order valence-electron chi connectivity index (χ4n) is 5.49. The standard InChI is InChI=1S/C30H36F6N6O4/c1-6-23-10-24(16-42(23)27(44)46-17-28(2,3)25(43)45-5)41(26-37-11-19(12-38-26)20-13-39-40(4)15-20)14-18-7-21(29(31,32)33)9-22(8-18)30(34,35)36/h7-9,11-13,20,23-24H,6,10,14-17H2,1-5H3/t20?,23-,24+/m1/s1. The van der Waals surface area contributed by atoms with Crippen LogP contribution >= 0.6 is 0 Å². The maximum atomic E-state index is 13.7. The number of likely N-dealkylation sites (tertiary alicyclic amines) is 1. The summed E-state index contributed by atoms with van der Waals surface area (Å²) in [6.45, 7) is 4.88. The Morgan fingerprint density at radius 1 is 1.00 bits per heavy atom. The molecule has 2 aliphatic rings. The van der Waals surface area contributed by atoms with E-state index in [9.17, 15) is 35.9 Å². The number of hydrazone groups is 1. The number of likely N-dealkylation sites (N-methyl/N-ethyl adjacent to an activating group) is 1. The molecule has 46 heavy (non-hydrogen) atoms. The molecule has 0 spiro atoms. The molecule has 0 radical (unpaired) electrons. The van der Waals surface area contributed by atoms with Crippen LogP contribution in [-0.4, -0.2) is 84.1 Å². The Morgan fingerprint density at radius 2 is 1.61 bits per heavy atom. The van der Waals surface area contributed by atoms with Crippen LogP contribution in [0.15, 0.2) is 35.7 Å². The Bertz CT molecular complexity index is 1400. The van der Waals surface area contributed by atoms with E-state index in [-0.39, 0.29) is 42.7 Å². The lowest BCUT2D eigenvalue weighted by Crippen LogP contribution is -2.42. The molecule has 4 rings (SSSR count). The van der Waals surface area contributed by atoms with E-state index in [4.69, 9.17) is 9.47 Å². The maximum Gasteiger partial charge on any atom is 0.416 e. The molecule has 1 aromatic carbocycles. The number of amides is 1. The highest BCUT2D eigenvalue weighted by Crippen LogP contribution is 2.37. The number of ether oxygens (including phenoxy) is 2. The van der Waals surface area contributed by atoms with Gasteiger partial charge in [-0.15, -0.1) is 0 Å². The van der Waals surface area contributed by atoms with Gasteiger partial charge in [0.2, 0.25) is 5.95 Å². The van der Waals surface area contributed by atoms with Gasteiger partial charge < -0.3 is 19.3 Å². The highest BCUT2D eigenvalue weighted by molar-refractivity contribution is 5.76. The van der Waals surface area contributed by atoms with Crippen LogP contribution in [0.1, 0.15) is 61.8 Å². The number of alkyl halides is 6. The van der Waals surface area contributed by atoms with Crippen molar-refractivity contribution in [3.05, 3.63) is 52.8 Å².